The molecule has 0 amide bonds. The summed E-state index contributed by atoms with van der Waals surface area (Å²) in [7, 11) is 1.73. The van der Waals surface area contributed by atoms with Crippen LogP contribution in [0.1, 0.15) is 39.0 Å². The zero-order valence-corrected chi connectivity index (χ0v) is 13.0. The first-order valence-corrected chi connectivity index (χ1v) is 8.31. The maximum absolute atomic E-state index is 12.3. The van der Waals surface area contributed by atoms with E-state index >= 15 is 0 Å². The van der Waals surface area contributed by atoms with Gasteiger partial charge >= 0.3 is 0 Å². The highest BCUT2D eigenvalue weighted by molar-refractivity contribution is 5.87. The molecule has 2 fully saturated rings. The minimum atomic E-state index is -0.0155. The fraction of sp³-hybridized carbons (Fsp3) is 0.632. The Morgan fingerprint density at radius 3 is 2.95 bits per heavy atom. The van der Waals surface area contributed by atoms with Gasteiger partial charge in [0.15, 0.2) is 0 Å². The van der Waals surface area contributed by atoms with Crippen LogP contribution in [0.25, 0.3) is 0 Å². The first-order chi connectivity index (χ1) is 10.1. The van der Waals surface area contributed by atoms with Crippen LogP contribution in [-0.2, 0) is 9.53 Å². The second-order valence-corrected chi connectivity index (χ2v) is 7.43. The van der Waals surface area contributed by atoms with Gasteiger partial charge in [0.25, 0.3) is 0 Å². The van der Waals surface area contributed by atoms with Gasteiger partial charge in [-0.1, -0.05) is 19.1 Å². The molecular formula is C19H24O2. The Kier molecular flexibility index (Phi) is 2.92. The number of hydrogen-bond acceptors (Lipinski definition) is 2. The predicted octanol–water partition coefficient (Wildman–Crippen LogP) is 4.04. The average molecular weight is 284 g/mol. The van der Waals surface area contributed by atoms with Gasteiger partial charge in [-0.3, -0.25) is 4.79 Å². The fourth-order valence-electron chi connectivity index (χ4n) is 5.48. The quantitative estimate of drug-likeness (QED) is 0.726. The average Bonchev–Trinajstić information content (AvgIpc) is 2.82. The lowest BCUT2D eigenvalue weighted by Crippen LogP contribution is -2.45. The third-order valence-corrected chi connectivity index (χ3v) is 6.69. The summed E-state index contributed by atoms with van der Waals surface area (Å²) in [5.41, 5.74) is 1.42. The van der Waals surface area contributed by atoms with E-state index in [1.165, 1.54) is 12.0 Å². The molecule has 0 saturated heterocycles. The molecule has 0 heterocycles. The lowest BCUT2D eigenvalue weighted by Gasteiger charge is -2.50. The number of methoxy groups -OCH3 is 1. The van der Waals surface area contributed by atoms with E-state index in [0.717, 1.165) is 37.4 Å². The highest BCUT2D eigenvalue weighted by Crippen LogP contribution is 2.59. The standard InChI is InChI=1S/C19H24O2/c1-19-10-9-15-14-6-4-13(21-2)11-12(14)3-5-16(15)17(19)7-8-18(19)20/h3-4,6,11,14-17H,5,7-10H2,1-2H3/t14-,15+,16+,17-,19-/m0/s1. The van der Waals surface area contributed by atoms with Crippen molar-refractivity contribution in [3.8, 4) is 0 Å². The Hall–Kier alpha value is -1.31. The second kappa shape index (κ2) is 4.59. The van der Waals surface area contributed by atoms with E-state index in [-0.39, 0.29) is 5.41 Å². The van der Waals surface area contributed by atoms with Crippen LogP contribution in [0.3, 0.4) is 0 Å². The minimum absolute atomic E-state index is 0.0155. The van der Waals surface area contributed by atoms with E-state index in [4.69, 9.17) is 4.74 Å². The maximum Gasteiger partial charge on any atom is 0.139 e. The van der Waals surface area contributed by atoms with Crippen LogP contribution in [0.4, 0.5) is 0 Å². The van der Waals surface area contributed by atoms with Crippen molar-refractivity contribution in [2.45, 2.75) is 39.0 Å². The zero-order valence-electron chi connectivity index (χ0n) is 13.0. The largest absolute Gasteiger partial charge is 0.497 e. The van der Waals surface area contributed by atoms with Crippen LogP contribution in [0.2, 0.25) is 0 Å². The third-order valence-electron chi connectivity index (χ3n) is 6.69. The molecule has 112 valence electrons. The number of hydrogen-bond donors (Lipinski definition) is 0. The van der Waals surface area contributed by atoms with Crippen molar-refractivity contribution in [2.75, 3.05) is 7.11 Å². The monoisotopic (exact) mass is 284 g/mol. The van der Waals surface area contributed by atoms with Gasteiger partial charge < -0.3 is 4.74 Å². The van der Waals surface area contributed by atoms with Gasteiger partial charge in [-0.05, 0) is 61.2 Å². The van der Waals surface area contributed by atoms with Crippen LogP contribution in [0.5, 0.6) is 0 Å². The second-order valence-electron chi connectivity index (χ2n) is 7.43. The van der Waals surface area contributed by atoms with E-state index in [0.29, 0.717) is 23.5 Å². The van der Waals surface area contributed by atoms with Crippen LogP contribution in [-0.4, -0.2) is 12.9 Å². The van der Waals surface area contributed by atoms with Gasteiger partial charge in [0.1, 0.15) is 11.5 Å². The van der Waals surface area contributed by atoms with Crippen LogP contribution in [0.15, 0.2) is 35.6 Å². The molecule has 4 rings (SSSR count). The molecule has 0 unspecified atom stereocenters. The molecule has 4 aliphatic carbocycles. The number of ether oxygens (including phenoxy) is 1. The smallest absolute Gasteiger partial charge is 0.139 e. The molecule has 21 heavy (non-hydrogen) atoms. The van der Waals surface area contributed by atoms with Crippen LogP contribution >= 0.6 is 0 Å². The summed E-state index contributed by atoms with van der Waals surface area (Å²) in [6.45, 7) is 2.24. The minimum Gasteiger partial charge on any atom is -0.497 e. The lowest BCUT2D eigenvalue weighted by atomic mass is 9.54. The highest BCUT2D eigenvalue weighted by atomic mass is 16.5. The maximum atomic E-state index is 12.3. The van der Waals surface area contributed by atoms with Gasteiger partial charge in [0.2, 0.25) is 0 Å². The molecule has 0 radical (unpaired) electrons. The zero-order chi connectivity index (χ0) is 14.6. The number of Topliss-reactive ketones (excluding diaryl/α,β-unsaturated/α-hetero) is 1. The number of carbonyl (C=O) groups is 1. The molecule has 0 spiro atoms. The SMILES string of the molecule is COC1=CC2=CC[C@@H]3[C@H](CC[C@]4(C)C(=O)CC[C@@H]34)[C@H]2C=C1. The summed E-state index contributed by atoms with van der Waals surface area (Å²) in [6, 6.07) is 0. The Bertz CT molecular complexity index is 568. The summed E-state index contributed by atoms with van der Waals surface area (Å²) in [6.07, 6.45) is 14.4. The molecule has 0 aromatic carbocycles. The number of ketones is 1. The number of allylic oxidation sites excluding steroid dienone is 5. The van der Waals surface area contributed by atoms with Gasteiger partial charge in [-0.2, -0.15) is 0 Å². The van der Waals surface area contributed by atoms with E-state index in [9.17, 15) is 4.79 Å². The normalized spacial score (nSPS) is 44.4. The molecule has 2 nitrogen and oxygen atoms in total. The van der Waals surface area contributed by atoms with E-state index in [1.54, 1.807) is 7.11 Å². The van der Waals surface area contributed by atoms with Crippen molar-refractivity contribution < 1.29 is 9.53 Å². The summed E-state index contributed by atoms with van der Waals surface area (Å²) in [5.74, 6) is 4.07. The number of rotatable bonds is 1. The Morgan fingerprint density at radius 2 is 2.14 bits per heavy atom. The summed E-state index contributed by atoms with van der Waals surface area (Å²) < 4.78 is 5.36. The molecule has 0 aliphatic heterocycles. The van der Waals surface area contributed by atoms with Crippen LogP contribution < -0.4 is 0 Å². The van der Waals surface area contributed by atoms with E-state index in [2.05, 4.69) is 31.2 Å². The van der Waals surface area contributed by atoms with Crippen molar-refractivity contribution in [1.29, 1.82) is 0 Å². The summed E-state index contributed by atoms with van der Waals surface area (Å²) >= 11 is 0. The molecule has 0 aromatic rings. The first-order valence-electron chi connectivity index (χ1n) is 8.31. The van der Waals surface area contributed by atoms with Gasteiger partial charge in [0.05, 0.1) is 7.11 Å². The number of carbonyl (C=O) groups excluding carboxylic acids is 1. The molecule has 5 atom stereocenters. The molecule has 2 saturated carbocycles. The Balaban J connectivity index is 1.66. The van der Waals surface area contributed by atoms with Gasteiger partial charge in [0, 0.05) is 17.8 Å². The van der Waals surface area contributed by atoms with Crippen molar-refractivity contribution in [1.82, 2.24) is 0 Å². The van der Waals surface area contributed by atoms with Gasteiger partial charge in [-0.25, -0.2) is 0 Å². The fourth-order valence-corrected chi connectivity index (χ4v) is 5.48. The first kappa shape index (κ1) is 13.4. The van der Waals surface area contributed by atoms with Crippen LogP contribution in [0, 0.1) is 29.1 Å². The molecule has 0 bridgehead atoms. The van der Waals surface area contributed by atoms with E-state index < -0.39 is 0 Å². The summed E-state index contributed by atoms with van der Waals surface area (Å²) in [4.78, 5) is 12.3. The van der Waals surface area contributed by atoms with Gasteiger partial charge in [-0.15, -0.1) is 0 Å². The summed E-state index contributed by atoms with van der Waals surface area (Å²) in [5, 5.41) is 0. The third kappa shape index (κ3) is 1.81. The van der Waals surface area contributed by atoms with Crippen molar-refractivity contribution in [2.24, 2.45) is 29.1 Å². The number of fused-ring (bicyclic) bond motifs is 5. The topological polar surface area (TPSA) is 26.3 Å². The molecular weight excluding hydrogens is 260 g/mol. The van der Waals surface area contributed by atoms with Crippen molar-refractivity contribution >= 4 is 5.78 Å². The molecule has 2 heteroatoms. The lowest BCUT2D eigenvalue weighted by molar-refractivity contribution is -0.130. The van der Waals surface area contributed by atoms with Crippen molar-refractivity contribution in [3.63, 3.8) is 0 Å². The molecule has 4 aliphatic rings. The highest BCUT2D eigenvalue weighted by Gasteiger charge is 2.55. The predicted molar refractivity (Wildman–Crippen MR) is 82.5 cm³/mol. The van der Waals surface area contributed by atoms with E-state index in [1.807, 2.05) is 0 Å². The van der Waals surface area contributed by atoms with Crippen molar-refractivity contribution in [3.05, 3.63) is 35.6 Å². The Morgan fingerprint density at radius 1 is 1.29 bits per heavy atom. The molecule has 0 aromatic heterocycles. The Labute approximate surface area is 126 Å². The molecule has 0 N–H and O–H groups in total.